The number of H-pyrrole nitrogens is 1. The number of halogens is 2. The van der Waals surface area contributed by atoms with Gasteiger partial charge >= 0.3 is 5.97 Å². The van der Waals surface area contributed by atoms with Crippen LogP contribution in [0.1, 0.15) is 17.4 Å². The third-order valence-corrected chi connectivity index (χ3v) is 3.99. The fourth-order valence-corrected chi connectivity index (χ4v) is 2.74. The summed E-state index contributed by atoms with van der Waals surface area (Å²) in [6, 6.07) is 9.29. The minimum absolute atomic E-state index is 0.00762. The molecule has 3 N–H and O–H groups in total. The molecule has 0 saturated heterocycles. The predicted octanol–water partition coefficient (Wildman–Crippen LogP) is 4.45. The molecule has 1 heterocycles. The standard InChI is InChI=1S/C18H15ClFN3O3/c1-2-26-18(25)16-8-11-14(5-6-15(21-9-24)17(11)23-16)22-10-3-4-13(20)12(19)7-10/h3-9,22-23H,2H2,1H3,(H,21,24). The van der Waals surface area contributed by atoms with Gasteiger partial charge < -0.3 is 20.4 Å². The summed E-state index contributed by atoms with van der Waals surface area (Å²) in [5, 5.41) is 6.35. The molecule has 1 aromatic heterocycles. The quantitative estimate of drug-likeness (QED) is 0.439. The molecule has 0 spiro atoms. The lowest BCUT2D eigenvalue weighted by Gasteiger charge is -2.10. The SMILES string of the molecule is CCOC(=O)c1cc2c(Nc3ccc(F)c(Cl)c3)ccc(NC=O)c2[nH]1. The first-order valence-corrected chi connectivity index (χ1v) is 8.16. The Hall–Kier alpha value is -3.06. The number of amides is 1. The zero-order valence-electron chi connectivity index (χ0n) is 13.7. The molecule has 0 fully saturated rings. The van der Waals surface area contributed by atoms with Crippen LogP contribution >= 0.6 is 11.6 Å². The van der Waals surface area contributed by atoms with E-state index in [2.05, 4.69) is 15.6 Å². The van der Waals surface area contributed by atoms with Crippen LogP contribution in [-0.4, -0.2) is 24.0 Å². The molecule has 0 atom stereocenters. The Balaban J connectivity index is 2.06. The van der Waals surface area contributed by atoms with Gasteiger partial charge in [-0.2, -0.15) is 0 Å². The lowest BCUT2D eigenvalue weighted by Crippen LogP contribution is -2.04. The first-order chi connectivity index (χ1) is 12.5. The van der Waals surface area contributed by atoms with E-state index in [0.29, 0.717) is 34.4 Å². The van der Waals surface area contributed by atoms with Gasteiger partial charge in [0.05, 0.1) is 22.8 Å². The van der Waals surface area contributed by atoms with Crippen LogP contribution in [0.5, 0.6) is 0 Å². The van der Waals surface area contributed by atoms with Crippen molar-refractivity contribution >= 4 is 51.9 Å². The Morgan fingerprint density at radius 1 is 1.27 bits per heavy atom. The average molecular weight is 376 g/mol. The van der Waals surface area contributed by atoms with Gasteiger partial charge in [0.1, 0.15) is 11.5 Å². The summed E-state index contributed by atoms with van der Waals surface area (Å²) in [6.45, 7) is 1.96. The average Bonchev–Trinajstić information content (AvgIpc) is 3.07. The van der Waals surface area contributed by atoms with Crippen molar-refractivity contribution in [3.05, 3.63) is 52.9 Å². The maximum absolute atomic E-state index is 13.3. The van der Waals surface area contributed by atoms with Gasteiger partial charge in [0.15, 0.2) is 0 Å². The van der Waals surface area contributed by atoms with Crippen LogP contribution < -0.4 is 10.6 Å². The highest BCUT2D eigenvalue weighted by Gasteiger charge is 2.15. The van der Waals surface area contributed by atoms with E-state index in [9.17, 15) is 14.0 Å². The highest BCUT2D eigenvalue weighted by molar-refractivity contribution is 6.31. The molecule has 134 valence electrons. The molecule has 26 heavy (non-hydrogen) atoms. The van der Waals surface area contributed by atoms with Gasteiger partial charge in [-0.25, -0.2) is 9.18 Å². The Morgan fingerprint density at radius 3 is 2.73 bits per heavy atom. The number of benzene rings is 2. The molecular formula is C18H15ClFN3O3. The molecule has 0 saturated carbocycles. The molecule has 3 aromatic rings. The van der Waals surface area contributed by atoms with E-state index >= 15 is 0 Å². The summed E-state index contributed by atoms with van der Waals surface area (Å²) in [5.41, 5.74) is 2.53. The highest BCUT2D eigenvalue weighted by Crippen LogP contribution is 2.33. The smallest absolute Gasteiger partial charge is 0.354 e. The van der Waals surface area contributed by atoms with Crippen LogP contribution in [0.15, 0.2) is 36.4 Å². The van der Waals surface area contributed by atoms with Gasteiger partial charge in [-0.3, -0.25) is 4.79 Å². The number of hydrogen-bond donors (Lipinski definition) is 3. The van der Waals surface area contributed by atoms with Crippen molar-refractivity contribution in [1.29, 1.82) is 0 Å². The van der Waals surface area contributed by atoms with Gasteiger partial charge in [0, 0.05) is 16.8 Å². The van der Waals surface area contributed by atoms with Crippen molar-refractivity contribution in [3.63, 3.8) is 0 Å². The maximum Gasteiger partial charge on any atom is 0.354 e. The van der Waals surface area contributed by atoms with Crippen molar-refractivity contribution in [3.8, 4) is 0 Å². The van der Waals surface area contributed by atoms with Crippen LogP contribution in [0.3, 0.4) is 0 Å². The second-order valence-corrected chi connectivity index (χ2v) is 5.78. The highest BCUT2D eigenvalue weighted by atomic mass is 35.5. The molecule has 1 amide bonds. The van der Waals surface area contributed by atoms with Crippen LogP contribution in [0.2, 0.25) is 5.02 Å². The number of nitrogens with one attached hydrogen (secondary N) is 3. The largest absolute Gasteiger partial charge is 0.461 e. The Morgan fingerprint density at radius 2 is 2.04 bits per heavy atom. The molecule has 3 rings (SSSR count). The number of rotatable bonds is 6. The van der Waals surface area contributed by atoms with Gasteiger partial charge in [-0.1, -0.05) is 11.6 Å². The van der Waals surface area contributed by atoms with Crippen molar-refractivity contribution in [2.45, 2.75) is 6.92 Å². The number of aromatic nitrogens is 1. The number of ether oxygens (including phenoxy) is 1. The van der Waals surface area contributed by atoms with Crippen molar-refractivity contribution in [1.82, 2.24) is 4.98 Å². The fourth-order valence-electron chi connectivity index (χ4n) is 2.56. The summed E-state index contributed by atoms with van der Waals surface area (Å²) >= 11 is 5.81. The zero-order chi connectivity index (χ0) is 18.7. The third-order valence-electron chi connectivity index (χ3n) is 3.70. The molecule has 0 bridgehead atoms. The summed E-state index contributed by atoms with van der Waals surface area (Å²) < 4.78 is 18.3. The summed E-state index contributed by atoms with van der Waals surface area (Å²) in [5.74, 6) is -1.02. The molecule has 0 radical (unpaired) electrons. The number of hydrogen-bond acceptors (Lipinski definition) is 4. The molecular weight excluding hydrogens is 361 g/mol. The van der Waals surface area contributed by atoms with Crippen molar-refractivity contribution < 1.29 is 18.7 Å². The van der Waals surface area contributed by atoms with Gasteiger partial charge in [0.2, 0.25) is 6.41 Å². The maximum atomic E-state index is 13.3. The molecule has 0 aliphatic rings. The summed E-state index contributed by atoms with van der Waals surface area (Å²) in [7, 11) is 0. The van der Waals surface area contributed by atoms with Crippen LogP contribution in [0.25, 0.3) is 10.9 Å². The van der Waals surface area contributed by atoms with Crippen LogP contribution in [-0.2, 0) is 9.53 Å². The summed E-state index contributed by atoms with van der Waals surface area (Å²) in [6.07, 6.45) is 0.548. The number of carbonyl (C=O) groups excluding carboxylic acids is 2. The number of anilines is 3. The first kappa shape index (κ1) is 17.8. The van der Waals surface area contributed by atoms with Gasteiger partial charge in [0.25, 0.3) is 0 Å². The molecule has 6 nitrogen and oxygen atoms in total. The second-order valence-electron chi connectivity index (χ2n) is 5.37. The molecule has 0 aliphatic heterocycles. The minimum Gasteiger partial charge on any atom is -0.461 e. The number of carbonyl (C=O) groups is 2. The lowest BCUT2D eigenvalue weighted by molar-refractivity contribution is -0.105. The normalized spacial score (nSPS) is 10.6. The van der Waals surface area contributed by atoms with E-state index in [0.717, 1.165) is 0 Å². The van der Waals surface area contributed by atoms with E-state index in [1.807, 2.05) is 0 Å². The van der Waals surface area contributed by atoms with Gasteiger partial charge in [-0.05, 0) is 43.3 Å². The number of aromatic amines is 1. The van der Waals surface area contributed by atoms with Crippen LogP contribution in [0.4, 0.5) is 21.5 Å². The van der Waals surface area contributed by atoms with E-state index < -0.39 is 11.8 Å². The fraction of sp³-hybridized carbons (Fsp3) is 0.111. The number of fused-ring (bicyclic) bond motifs is 1. The molecule has 2 aromatic carbocycles. The minimum atomic E-state index is -0.515. The Bertz CT molecular complexity index is 987. The van der Waals surface area contributed by atoms with E-state index in [1.165, 1.54) is 12.1 Å². The molecule has 8 heteroatoms. The van der Waals surface area contributed by atoms with E-state index in [-0.39, 0.29) is 17.3 Å². The Kier molecular flexibility index (Phi) is 5.09. The van der Waals surface area contributed by atoms with Crippen LogP contribution in [0, 0.1) is 5.82 Å². The lowest BCUT2D eigenvalue weighted by atomic mass is 10.1. The first-order valence-electron chi connectivity index (χ1n) is 7.78. The van der Waals surface area contributed by atoms with Crippen molar-refractivity contribution in [2.24, 2.45) is 0 Å². The molecule has 0 unspecified atom stereocenters. The second kappa shape index (κ2) is 7.45. The summed E-state index contributed by atoms with van der Waals surface area (Å²) in [4.78, 5) is 25.8. The molecule has 0 aliphatic carbocycles. The Labute approximate surface area is 153 Å². The van der Waals surface area contributed by atoms with Gasteiger partial charge in [-0.15, -0.1) is 0 Å². The van der Waals surface area contributed by atoms with E-state index in [4.69, 9.17) is 16.3 Å². The van der Waals surface area contributed by atoms with Crippen molar-refractivity contribution in [2.75, 3.05) is 17.2 Å². The third kappa shape index (κ3) is 3.48. The predicted molar refractivity (Wildman–Crippen MR) is 98.6 cm³/mol. The topological polar surface area (TPSA) is 83.2 Å². The zero-order valence-corrected chi connectivity index (χ0v) is 14.5. The number of esters is 1. The van der Waals surface area contributed by atoms with E-state index in [1.54, 1.807) is 31.2 Å². The monoisotopic (exact) mass is 375 g/mol.